The van der Waals surface area contributed by atoms with Gasteiger partial charge in [0.15, 0.2) is 0 Å². The fourth-order valence-electron chi connectivity index (χ4n) is 1.98. The summed E-state index contributed by atoms with van der Waals surface area (Å²) in [5, 5.41) is 2.99. The number of amides is 1. The monoisotopic (exact) mass is 263 g/mol. The minimum atomic E-state index is -0.0489. The first-order valence-electron chi connectivity index (χ1n) is 7.09. The number of carbonyl (C=O) groups is 1. The number of rotatable bonds is 8. The Hall–Kier alpha value is -1.35. The van der Waals surface area contributed by atoms with Gasteiger partial charge < -0.3 is 10.1 Å². The highest BCUT2D eigenvalue weighted by Gasteiger charge is 2.17. The average molecular weight is 263 g/mol. The Kier molecular flexibility index (Phi) is 7.19. The molecule has 3 nitrogen and oxygen atoms in total. The van der Waals surface area contributed by atoms with Gasteiger partial charge in [-0.15, -0.1) is 0 Å². The normalized spacial score (nSPS) is 12.4. The molecular formula is C16H25NO2. The summed E-state index contributed by atoms with van der Waals surface area (Å²) in [6, 6.07) is 9.94. The third-order valence-electron chi connectivity index (χ3n) is 3.00. The van der Waals surface area contributed by atoms with E-state index in [2.05, 4.69) is 5.32 Å². The van der Waals surface area contributed by atoms with E-state index in [4.69, 9.17) is 4.74 Å². The molecule has 1 rings (SSSR count). The van der Waals surface area contributed by atoms with E-state index in [0.717, 1.165) is 18.4 Å². The number of benzene rings is 1. The summed E-state index contributed by atoms with van der Waals surface area (Å²) in [5.74, 6) is 0.0606. The standard InChI is InChI=1S/C16H25NO2/c1-4-15(14-9-6-5-7-10-14)16(18)17-11-8-12-19-13(2)3/h5-7,9-10,13,15H,4,8,11-12H2,1-3H3,(H,17,18)/t15-/m0/s1. The van der Waals surface area contributed by atoms with Gasteiger partial charge in [0.2, 0.25) is 5.91 Å². The largest absolute Gasteiger partial charge is 0.379 e. The summed E-state index contributed by atoms with van der Waals surface area (Å²) < 4.78 is 5.44. The number of carbonyl (C=O) groups excluding carboxylic acids is 1. The predicted molar refractivity (Wildman–Crippen MR) is 78.2 cm³/mol. The fraction of sp³-hybridized carbons (Fsp3) is 0.562. The van der Waals surface area contributed by atoms with Crippen molar-refractivity contribution in [1.29, 1.82) is 0 Å². The fourth-order valence-corrected chi connectivity index (χ4v) is 1.98. The second kappa shape index (κ2) is 8.70. The zero-order chi connectivity index (χ0) is 14.1. The number of nitrogens with one attached hydrogen (secondary N) is 1. The second-order valence-corrected chi connectivity index (χ2v) is 4.94. The molecule has 0 fully saturated rings. The Labute approximate surface area is 116 Å². The van der Waals surface area contributed by atoms with Crippen molar-refractivity contribution >= 4 is 5.91 Å². The summed E-state index contributed by atoms with van der Waals surface area (Å²) in [6.07, 6.45) is 1.93. The zero-order valence-corrected chi connectivity index (χ0v) is 12.2. The van der Waals surface area contributed by atoms with E-state index in [1.165, 1.54) is 0 Å². The molecule has 0 spiro atoms. The number of ether oxygens (including phenoxy) is 1. The Balaban J connectivity index is 2.35. The number of hydrogen-bond donors (Lipinski definition) is 1. The molecule has 0 aliphatic heterocycles. The lowest BCUT2D eigenvalue weighted by Crippen LogP contribution is -2.30. The molecule has 1 aromatic carbocycles. The predicted octanol–water partition coefficient (Wildman–Crippen LogP) is 3.11. The second-order valence-electron chi connectivity index (χ2n) is 4.94. The smallest absolute Gasteiger partial charge is 0.227 e. The molecule has 1 amide bonds. The van der Waals surface area contributed by atoms with E-state index in [-0.39, 0.29) is 17.9 Å². The third kappa shape index (κ3) is 5.88. The Morgan fingerprint density at radius 2 is 1.95 bits per heavy atom. The lowest BCUT2D eigenvalue weighted by atomic mass is 9.96. The lowest BCUT2D eigenvalue weighted by Gasteiger charge is -2.15. The van der Waals surface area contributed by atoms with Crippen molar-refractivity contribution in [2.75, 3.05) is 13.2 Å². The van der Waals surface area contributed by atoms with Gasteiger partial charge in [0, 0.05) is 13.2 Å². The molecule has 1 aromatic rings. The van der Waals surface area contributed by atoms with Crippen molar-refractivity contribution in [3.63, 3.8) is 0 Å². The molecule has 1 N–H and O–H groups in total. The van der Waals surface area contributed by atoms with Gasteiger partial charge in [-0.2, -0.15) is 0 Å². The summed E-state index contributed by atoms with van der Waals surface area (Å²) >= 11 is 0. The van der Waals surface area contributed by atoms with Crippen LogP contribution in [0.5, 0.6) is 0 Å². The quantitative estimate of drug-likeness (QED) is 0.732. The highest BCUT2D eigenvalue weighted by molar-refractivity contribution is 5.83. The van der Waals surface area contributed by atoms with Crippen LogP contribution in [-0.2, 0) is 9.53 Å². The van der Waals surface area contributed by atoms with Gasteiger partial charge in [0.1, 0.15) is 0 Å². The van der Waals surface area contributed by atoms with Crippen LogP contribution in [0.2, 0.25) is 0 Å². The molecule has 1 atom stereocenters. The first-order valence-corrected chi connectivity index (χ1v) is 7.09. The lowest BCUT2D eigenvalue weighted by molar-refractivity contribution is -0.122. The van der Waals surface area contributed by atoms with E-state index in [1.54, 1.807) is 0 Å². The molecule has 0 heterocycles. The van der Waals surface area contributed by atoms with Crippen molar-refractivity contribution in [3.05, 3.63) is 35.9 Å². The van der Waals surface area contributed by atoms with Gasteiger partial charge in [-0.25, -0.2) is 0 Å². The molecule has 0 aliphatic carbocycles. The van der Waals surface area contributed by atoms with Crippen LogP contribution in [0, 0.1) is 0 Å². The first kappa shape index (κ1) is 15.7. The highest BCUT2D eigenvalue weighted by Crippen LogP contribution is 2.18. The third-order valence-corrected chi connectivity index (χ3v) is 3.00. The topological polar surface area (TPSA) is 38.3 Å². The molecule has 0 radical (unpaired) electrons. The maximum absolute atomic E-state index is 12.1. The van der Waals surface area contributed by atoms with Crippen molar-refractivity contribution < 1.29 is 9.53 Å². The van der Waals surface area contributed by atoms with Crippen molar-refractivity contribution in [2.45, 2.75) is 45.6 Å². The number of hydrogen-bond acceptors (Lipinski definition) is 2. The van der Waals surface area contributed by atoms with E-state index in [9.17, 15) is 4.79 Å². The van der Waals surface area contributed by atoms with E-state index >= 15 is 0 Å². The van der Waals surface area contributed by atoms with Gasteiger partial charge in [-0.3, -0.25) is 4.79 Å². The van der Waals surface area contributed by atoms with Crippen LogP contribution in [0.1, 0.15) is 45.1 Å². The van der Waals surface area contributed by atoms with E-state index < -0.39 is 0 Å². The summed E-state index contributed by atoms with van der Waals surface area (Å²) in [5.41, 5.74) is 1.08. The van der Waals surface area contributed by atoms with E-state index in [0.29, 0.717) is 13.2 Å². The van der Waals surface area contributed by atoms with Crippen LogP contribution in [-0.4, -0.2) is 25.2 Å². The van der Waals surface area contributed by atoms with Crippen molar-refractivity contribution in [3.8, 4) is 0 Å². The van der Waals surface area contributed by atoms with E-state index in [1.807, 2.05) is 51.1 Å². The van der Waals surface area contributed by atoms with Crippen LogP contribution < -0.4 is 5.32 Å². The van der Waals surface area contributed by atoms with Crippen LogP contribution >= 0.6 is 0 Å². The molecule has 0 bridgehead atoms. The van der Waals surface area contributed by atoms with Crippen LogP contribution in [0.4, 0.5) is 0 Å². The Bertz CT molecular complexity index is 362. The molecule has 0 saturated heterocycles. The minimum Gasteiger partial charge on any atom is -0.379 e. The van der Waals surface area contributed by atoms with Gasteiger partial charge in [0.25, 0.3) is 0 Å². The van der Waals surface area contributed by atoms with Crippen LogP contribution in [0.15, 0.2) is 30.3 Å². The highest BCUT2D eigenvalue weighted by atomic mass is 16.5. The van der Waals surface area contributed by atoms with Crippen molar-refractivity contribution in [1.82, 2.24) is 5.32 Å². The minimum absolute atomic E-state index is 0.0489. The molecule has 0 aliphatic rings. The van der Waals surface area contributed by atoms with Crippen molar-refractivity contribution in [2.24, 2.45) is 0 Å². The van der Waals surface area contributed by atoms with Gasteiger partial charge >= 0.3 is 0 Å². The van der Waals surface area contributed by atoms with Gasteiger partial charge in [-0.05, 0) is 32.3 Å². The molecule has 3 heteroatoms. The molecule has 19 heavy (non-hydrogen) atoms. The van der Waals surface area contributed by atoms with Gasteiger partial charge in [0.05, 0.1) is 12.0 Å². The molecular weight excluding hydrogens is 238 g/mol. The zero-order valence-electron chi connectivity index (χ0n) is 12.2. The summed E-state index contributed by atoms with van der Waals surface area (Å²) in [7, 11) is 0. The summed E-state index contributed by atoms with van der Waals surface area (Å²) in [4.78, 5) is 12.1. The Morgan fingerprint density at radius 3 is 2.53 bits per heavy atom. The SMILES string of the molecule is CC[C@H](C(=O)NCCCOC(C)C)c1ccccc1. The molecule has 0 unspecified atom stereocenters. The first-order chi connectivity index (χ1) is 9.15. The maximum Gasteiger partial charge on any atom is 0.227 e. The van der Waals surface area contributed by atoms with Crippen LogP contribution in [0.3, 0.4) is 0 Å². The summed E-state index contributed by atoms with van der Waals surface area (Å²) in [6.45, 7) is 7.44. The molecule has 106 valence electrons. The molecule has 0 saturated carbocycles. The maximum atomic E-state index is 12.1. The Morgan fingerprint density at radius 1 is 1.26 bits per heavy atom. The van der Waals surface area contributed by atoms with Gasteiger partial charge in [-0.1, -0.05) is 37.3 Å². The average Bonchev–Trinajstić information content (AvgIpc) is 2.40. The van der Waals surface area contributed by atoms with Crippen LogP contribution in [0.25, 0.3) is 0 Å². The molecule has 0 aromatic heterocycles.